The van der Waals surface area contributed by atoms with Crippen LogP contribution in [-0.2, 0) is 16.6 Å². The fourth-order valence-corrected chi connectivity index (χ4v) is 4.69. The van der Waals surface area contributed by atoms with E-state index in [0.717, 1.165) is 8.66 Å². The minimum atomic E-state index is -3.64. The minimum Gasteiger partial charge on any atom is -0.389 e. The molecule has 0 spiro atoms. The van der Waals surface area contributed by atoms with Crippen molar-refractivity contribution in [2.45, 2.75) is 11.4 Å². The van der Waals surface area contributed by atoms with E-state index in [1.54, 1.807) is 0 Å². The molecule has 0 aliphatic heterocycles. The summed E-state index contributed by atoms with van der Waals surface area (Å²) in [6.45, 7) is 0.216. The second-order valence-electron chi connectivity index (χ2n) is 4.04. The Balaban J connectivity index is 2.19. The fraction of sp³-hybridized carbons (Fsp3) is 0.0833. The second-order valence-corrected chi connectivity index (χ2v) is 9.20. The molecule has 0 radical (unpaired) electrons. The molecule has 0 saturated heterocycles. The van der Waals surface area contributed by atoms with Gasteiger partial charge in [0, 0.05) is 17.0 Å². The molecule has 0 aliphatic carbocycles. The number of hydrogen-bond donors (Lipinski definition) is 2. The Kier molecular flexibility index (Phi) is 5.39. The van der Waals surface area contributed by atoms with Crippen LogP contribution in [0, 0.1) is 0 Å². The van der Waals surface area contributed by atoms with Gasteiger partial charge >= 0.3 is 0 Å². The van der Waals surface area contributed by atoms with Crippen molar-refractivity contribution in [2.24, 2.45) is 5.73 Å². The summed E-state index contributed by atoms with van der Waals surface area (Å²) in [6.07, 6.45) is 0. The maximum atomic E-state index is 12.2. The summed E-state index contributed by atoms with van der Waals surface area (Å²) in [4.78, 5) is 1.10. The van der Waals surface area contributed by atoms with Gasteiger partial charge in [-0.25, -0.2) is 13.1 Å². The summed E-state index contributed by atoms with van der Waals surface area (Å²) >= 11 is 15.6. The zero-order valence-electron chi connectivity index (χ0n) is 10.5. The Morgan fingerprint density at radius 3 is 2.62 bits per heavy atom. The van der Waals surface area contributed by atoms with Crippen LogP contribution >= 0.6 is 51.1 Å². The van der Waals surface area contributed by atoms with E-state index in [-0.39, 0.29) is 21.5 Å². The molecule has 0 amide bonds. The van der Waals surface area contributed by atoms with Crippen molar-refractivity contribution in [3.63, 3.8) is 0 Å². The molecule has 0 aliphatic rings. The highest BCUT2D eigenvalue weighted by Gasteiger charge is 2.16. The average Bonchev–Trinajstić information content (AvgIpc) is 2.82. The first-order chi connectivity index (χ1) is 9.79. The molecular formula is C12H10BrClN2O2S3. The number of nitrogens with one attached hydrogen (secondary N) is 1. The number of halogens is 2. The van der Waals surface area contributed by atoms with Gasteiger partial charge in [0.1, 0.15) is 4.99 Å². The zero-order valence-corrected chi connectivity index (χ0v) is 15.3. The molecule has 1 aromatic carbocycles. The van der Waals surface area contributed by atoms with Crippen LogP contribution in [0.2, 0.25) is 5.02 Å². The van der Waals surface area contributed by atoms with Gasteiger partial charge in [0.15, 0.2) is 0 Å². The number of hydrogen-bond acceptors (Lipinski definition) is 4. The number of benzene rings is 1. The van der Waals surface area contributed by atoms with Crippen LogP contribution in [0.3, 0.4) is 0 Å². The number of sulfonamides is 1. The van der Waals surface area contributed by atoms with E-state index < -0.39 is 10.0 Å². The first-order valence-electron chi connectivity index (χ1n) is 5.63. The fourth-order valence-electron chi connectivity index (χ4n) is 1.56. The molecule has 4 nitrogen and oxygen atoms in total. The van der Waals surface area contributed by atoms with Crippen LogP contribution in [0.5, 0.6) is 0 Å². The van der Waals surface area contributed by atoms with E-state index in [0.29, 0.717) is 5.56 Å². The number of rotatable bonds is 5. The Bertz CT molecular complexity index is 790. The average molecular weight is 426 g/mol. The van der Waals surface area contributed by atoms with E-state index in [1.165, 1.54) is 29.5 Å². The van der Waals surface area contributed by atoms with Gasteiger partial charge in [-0.1, -0.05) is 23.8 Å². The standard InChI is InChI=1S/C12H10BrClN2O2S3/c13-11-4-1-7(20-11)6-16-21(17,18)8-2-3-9(12(15)19)10(14)5-8/h1-5,16H,6H2,(H2,15,19). The van der Waals surface area contributed by atoms with Crippen molar-refractivity contribution in [1.82, 2.24) is 4.72 Å². The monoisotopic (exact) mass is 424 g/mol. The molecule has 3 N–H and O–H groups in total. The Morgan fingerprint density at radius 1 is 1.38 bits per heavy atom. The molecule has 9 heteroatoms. The lowest BCUT2D eigenvalue weighted by molar-refractivity contribution is 0.582. The normalized spacial score (nSPS) is 11.5. The molecule has 0 bridgehead atoms. The molecule has 0 saturated carbocycles. The highest BCUT2D eigenvalue weighted by atomic mass is 79.9. The van der Waals surface area contributed by atoms with Crippen molar-refractivity contribution in [2.75, 3.05) is 0 Å². The Morgan fingerprint density at radius 2 is 2.10 bits per heavy atom. The summed E-state index contributed by atoms with van der Waals surface area (Å²) in [5.41, 5.74) is 5.94. The molecule has 1 heterocycles. The lowest BCUT2D eigenvalue weighted by Gasteiger charge is -2.08. The maximum absolute atomic E-state index is 12.2. The lowest BCUT2D eigenvalue weighted by atomic mass is 10.2. The molecule has 0 unspecified atom stereocenters. The predicted molar refractivity (Wildman–Crippen MR) is 93.4 cm³/mol. The SMILES string of the molecule is NC(=S)c1ccc(S(=O)(=O)NCc2ccc(Br)s2)cc1Cl. The molecule has 21 heavy (non-hydrogen) atoms. The van der Waals surface area contributed by atoms with Gasteiger partial charge < -0.3 is 5.73 Å². The van der Waals surface area contributed by atoms with Crippen molar-refractivity contribution in [3.8, 4) is 0 Å². The summed E-state index contributed by atoms with van der Waals surface area (Å²) in [7, 11) is -3.64. The first-order valence-corrected chi connectivity index (χ1v) is 9.51. The van der Waals surface area contributed by atoms with Crippen LogP contribution in [0.25, 0.3) is 0 Å². The smallest absolute Gasteiger partial charge is 0.240 e. The second kappa shape index (κ2) is 6.72. The van der Waals surface area contributed by atoms with Crippen LogP contribution in [0.15, 0.2) is 39.0 Å². The largest absolute Gasteiger partial charge is 0.389 e. The third-order valence-corrected chi connectivity index (χ3v) is 6.14. The van der Waals surface area contributed by atoms with Gasteiger partial charge in [0.25, 0.3) is 0 Å². The lowest BCUT2D eigenvalue weighted by Crippen LogP contribution is -2.23. The van der Waals surface area contributed by atoms with Gasteiger partial charge in [-0.3, -0.25) is 0 Å². The van der Waals surface area contributed by atoms with E-state index in [1.807, 2.05) is 12.1 Å². The molecule has 112 valence electrons. The van der Waals surface area contributed by atoms with Crippen molar-refractivity contribution in [3.05, 3.63) is 49.6 Å². The van der Waals surface area contributed by atoms with Crippen LogP contribution < -0.4 is 10.5 Å². The number of nitrogens with two attached hydrogens (primary N) is 1. The zero-order chi connectivity index (χ0) is 15.6. The predicted octanol–water partition coefficient (Wildman–Crippen LogP) is 3.28. The first kappa shape index (κ1) is 16.9. The van der Waals surface area contributed by atoms with Crippen molar-refractivity contribution >= 4 is 66.1 Å². The highest BCUT2D eigenvalue weighted by Crippen LogP contribution is 2.23. The molecule has 1 aromatic heterocycles. The highest BCUT2D eigenvalue weighted by molar-refractivity contribution is 9.11. The van der Waals surface area contributed by atoms with E-state index in [2.05, 4.69) is 20.7 Å². The van der Waals surface area contributed by atoms with Gasteiger partial charge in [0.05, 0.1) is 13.7 Å². The van der Waals surface area contributed by atoms with Crippen molar-refractivity contribution < 1.29 is 8.42 Å². The van der Waals surface area contributed by atoms with Gasteiger partial charge in [-0.15, -0.1) is 11.3 Å². The molecule has 0 atom stereocenters. The Labute approximate surface area is 145 Å². The quantitative estimate of drug-likeness (QED) is 0.721. The topological polar surface area (TPSA) is 72.2 Å². The summed E-state index contributed by atoms with van der Waals surface area (Å²) in [6, 6.07) is 7.97. The third-order valence-electron chi connectivity index (χ3n) is 2.58. The maximum Gasteiger partial charge on any atom is 0.240 e. The summed E-state index contributed by atoms with van der Waals surface area (Å²) in [5.74, 6) is 0. The van der Waals surface area contributed by atoms with Gasteiger partial charge in [0.2, 0.25) is 10.0 Å². The van der Waals surface area contributed by atoms with E-state index >= 15 is 0 Å². The van der Waals surface area contributed by atoms with Crippen LogP contribution in [0.4, 0.5) is 0 Å². The summed E-state index contributed by atoms with van der Waals surface area (Å²) < 4.78 is 27.9. The van der Waals surface area contributed by atoms with Gasteiger partial charge in [-0.05, 0) is 46.3 Å². The van der Waals surface area contributed by atoms with E-state index in [9.17, 15) is 8.42 Å². The molecule has 2 aromatic rings. The van der Waals surface area contributed by atoms with Crippen LogP contribution in [0.1, 0.15) is 10.4 Å². The van der Waals surface area contributed by atoms with Gasteiger partial charge in [-0.2, -0.15) is 0 Å². The van der Waals surface area contributed by atoms with Crippen molar-refractivity contribution in [1.29, 1.82) is 0 Å². The number of thiophene rings is 1. The molecular weight excluding hydrogens is 416 g/mol. The number of thiocarbonyl (C=S) groups is 1. The third kappa shape index (κ3) is 4.24. The minimum absolute atomic E-state index is 0.0723. The van der Waals surface area contributed by atoms with Crippen LogP contribution in [-0.4, -0.2) is 13.4 Å². The molecule has 0 fully saturated rings. The Hall–Kier alpha value is -0.510. The van der Waals surface area contributed by atoms with E-state index in [4.69, 9.17) is 29.6 Å². The summed E-state index contributed by atoms with van der Waals surface area (Å²) in [5, 5.41) is 0.212. The molecule has 2 rings (SSSR count).